The van der Waals surface area contributed by atoms with E-state index in [1.54, 1.807) is 31.2 Å². The highest BCUT2D eigenvalue weighted by Gasteiger charge is 2.10. The van der Waals surface area contributed by atoms with Gasteiger partial charge in [0.15, 0.2) is 11.5 Å². The number of ether oxygens (including phenoxy) is 2. The molecule has 0 atom stereocenters. The van der Waals surface area contributed by atoms with Crippen molar-refractivity contribution in [2.24, 2.45) is 0 Å². The minimum atomic E-state index is -0.197. The minimum Gasteiger partial charge on any atom is -0.493 e. The minimum absolute atomic E-state index is 0.197. The van der Waals surface area contributed by atoms with E-state index in [0.29, 0.717) is 23.7 Å². The molecule has 2 rings (SSSR count). The molecule has 0 unspecified atom stereocenters. The van der Waals surface area contributed by atoms with Crippen molar-refractivity contribution in [1.82, 2.24) is 15.1 Å². The largest absolute Gasteiger partial charge is 0.493 e. The molecule has 1 N–H and O–H groups in total. The standard InChI is InChI=1S/C15H19N3O3/c1-4-18-8-7-12(17-18)15(19)16-10-11-5-6-13(20-2)14(9-11)21-3/h5-9H,4,10H2,1-3H3,(H,16,19). The van der Waals surface area contributed by atoms with Gasteiger partial charge in [0, 0.05) is 19.3 Å². The third-order valence-electron chi connectivity index (χ3n) is 3.10. The highest BCUT2D eigenvalue weighted by atomic mass is 16.5. The van der Waals surface area contributed by atoms with E-state index in [-0.39, 0.29) is 5.91 Å². The van der Waals surface area contributed by atoms with Crippen LogP contribution in [0.4, 0.5) is 0 Å². The number of aromatic nitrogens is 2. The van der Waals surface area contributed by atoms with Gasteiger partial charge in [0.2, 0.25) is 0 Å². The van der Waals surface area contributed by atoms with Crippen molar-refractivity contribution in [3.63, 3.8) is 0 Å². The van der Waals surface area contributed by atoms with Crippen molar-refractivity contribution in [3.05, 3.63) is 41.7 Å². The Morgan fingerprint density at radius 2 is 2.00 bits per heavy atom. The second-order valence-electron chi connectivity index (χ2n) is 4.43. The molecule has 0 saturated carbocycles. The monoisotopic (exact) mass is 289 g/mol. The Bertz CT molecular complexity index is 622. The van der Waals surface area contributed by atoms with Gasteiger partial charge in [0.1, 0.15) is 5.69 Å². The molecule has 6 heteroatoms. The molecule has 21 heavy (non-hydrogen) atoms. The lowest BCUT2D eigenvalue weighted by atomic mass is 10.2. The van der Waals surface area contributed by atoms with Gasteiger partial charge in [0.05, 0.1) is 14.2 Å². The summed E-state index contributed by atoms with van der Waals surface area (Å²) in [5.74, 6) is 1.10. The van der Waals surface area contributed by atoms with Crippen LogP contribution in [0.25, 0.3) is 0 Å². The van der Waals surface area contributed by atoms with Crippen molar-refractivity contribution >= 4 is 5.91 Å². The number of carbonyl (C=O) groups is 1. The highest BCUT2D eigenvalue weighted by Crippen LogP contribution is 2.27. The SMILES string of the molecule is CCn1ccc(C(=O)NCc2ccc(OC)c(OC)c2)n1. The number of hydrogen-bond donors (Lipinski definition) is 1. The fourth-order valence-electron chi connectivity index (χ4n) is 1.92. The lowest BCUT2D eigenvalue weighted by Crippen LogP contribution is -2.23. The molecule has 112 valence electrons. The van der Waals surface area contributed by atoms with E-state index in [0.717, 1.165) is 12.1 Å². The van der Waals surface area contributed by atoms with Gasteiger partial charge in [-0.15, -0.1) is 0 Å². The van der Waals surface area contributed by atoms with Crippen LogP contribution >= 0.6 is 0 Å². The van der Waals surface area contributed by atoms with Gasteiger partial charge in [-0.2, -0.15) is 5.10 Å². The number of amides is 1. The molecule has 0 aliphatic carbocycles. The zero-order chi connectivity index (χ0) is 15.2. The lowest BCUT2D eigenvalue weighted by Gasteiger charge is -2.10. The van der Waals surface area contributed by atoms with E-state index < -0.39 is 0 Å². The molecule has 0 fully saturated rings. The van der Waals surface area contributed by atoms with Crippen LogP contribution in [0.15, 0.2) is 30.5 Å². The maximum absolute atomic E-state index is 12.0. The lowest BCUT2D eigenvalue weighted by molar-refractivity contribution is 0.0945. The fraction of sp³-hybridized carbons (Fsp3) is 0.333. The van der Waals surface area contributed by atoms with Gasteiger partial charge in [-0.25, -0.2) is 0 Å². The number of methoxy groups -OCH3 is 2. The van der Waals surface area contributed by atoms with Crippen LogP contribution in [0.3, 0.4) is 0 Å². The topological polar surface area (TPSA) is 65.4 Å². The number of aryl methyl sites for hydroxylation is 1. The van der Waals surface area contributed by atoms with Crippen molar-refractivity contribution in [2.45, 2.75) is 20.0 Å². The fourth-order valence-corrected chi connectivity index (χ4v) is 1.92. The maximum Gasteiger partial charge on any atom is 0.272 e. The van der Waals surface area contributed by atoms with E-state index in [1.165, 1.54) is 0 Å². The van der Waals surface area contributed by atoms with Gasteiger partial charge in [-0.1, -0.05) is 6.07 Å². The number of carbonyl (C=O) groups excluding carboxylic acids is 1. The Hall–Kier alpha value is -2.50. The van der Waals surface area contributed by atoms with Crippen LogP contribution in [0, 0.1) is 0 Å². The van der Waals surface area contributed by atoms with E-state index >= 15 is 0 Å². The predicted molar refractivity (Wildman–Crippen MR) is 78.6 cm³/mol. The number of benzene rings is 1. The second kappa shape index (κ2) is 6.78. The Kier molecular flexibility index (Phi) is 4.81. The summed E-state index contributed by atoms with van der Waals surface area (Å²) in [7, 11) is 3.17. The molecule has 0 saturated heterocycles. The summed E-state index contributed by atoms with van der Waals surface area (Å²) < 4.78 is 12.1. The molecular weight excluding hydrogens is 270 g/mol. The smallest absolute Gasteiger partial charge is 0.272 e. The molecule has 1 aromatic heterocycles. The molecular formula is C15H19N3O3. The Morgan fingerprint density at radius 1 is 1.24 bits per heavy atom. The molecule has 0 bridgehead atoms. The van der Waals surface area contributed by atoms with Gasteiger partial charge < -0.3 is 14.8 Å². The molecule has 1 heterocycles. The molecule has 6 nitrogen and oxygen atoms in total. The molecule has 0 aliphatic rings. The van der Waals surface area contributed by atoms with Crippen LogP contribution < -0.4 is 14.8 Å². The molecule has 0 radical (unpaired) electrons. The van der Waals surface area contributed by atoms with Gasteiger partial charge in [-0.05, 0) is 30.7 Å². The van der Waals surface area contributed by atoms with Crippen LogP contribution in [0.1, 0.15) is 23.0 Å². The number of nitrogens with zero attached hydrogens (tertiary/aromatic N) is 2. The average Bonchev–Trinajstić information content (AvgIpc) is 3.01. The first-order valence-electron chi connectivity index (χ1n) is 6.70. The number of nitrogens with one attached hydrogen (secondary N) is 1. The molecule has 1 amide bonds. The van der Waals surface area contributed by atoms with E-state index in [2.05, 4.69) is 10.4 Å². The quantitative estimate of drug-likeness (QED) is 0.881. The van der Waals surface area contributed by atoms with E-state index in [1.807, 2.05) is 25.1 Å². The van der Waals surface area contributed by atoms with Crippen molar-refractivity contribution < 1.29 is 14.3 Å². The Labute approximate surface area is 123 Å². The zero-order valence-electron chi connectivity index (χ0n) is 12.4. The maximum atomic E-state index is 12.0. The molecule has 0 spiro atoms. The normalized spacial score (nSPS) is 10.2. The molecule has 1 aromatic carbocycles. The second-order valence-corrected chi connectivity index (χ2v) is 4.43. The summed E-state index contributed by atoms with van der Waals surface area (Å²) in [6.45, 7) is 3.11. The third-order valence-corrected chi connectivity index (χ3v) is 3.10. The first-order chi connectivity index (χ1) is 10.2. The average molecular weight is 289 g/mol. The van der Waals surface area contributed by atoms with Crippen LogP contribution in [-0.2, 0) is 13.1 Å². The number of hydrogen-bond acceptors (Lipinski definition) is 4. The summed E-state index contributed by atoms with van der Waals surface area (Å²) in [6, 6.07) is 7.23. The van der Waals surface area contributed by atoms with E-state index in [4.69, 9.17) is 9.47 Å². The summed E-state index contributed by atoms with van der Waals surface area (Å²) in [4.78, 5) is 12.0. The molecule has 0 aliphatic heterocycles. The van der Waals surface area contributed by atoms with Crippen molar-refractivity contribution in [2.75, 3.05) is 14.2 Å². The van der Waals surface area contributed by atoms with Gasteiger partial charge in [-0.3, -0.25) is 9.48 Å². The first-order valence-corrected chi connectivity index (χ1v) is 6.70. The van der Waals surface area contributed by atoms with Crippen LogP contribution in [0.2, 0.25) is 0 Å². The summed E-state index contributed by atoms with van der Waals surface area (Å²) in [6.07, 6.45) is 1.78. The summed E-state index contributed by atoms with van der Waals surface area (Å²) in [5, 5.41) is 6.99. The van der Waals surface area contributed by atoms with Gasteiger partial charge >= 0.3 is 0 Å². The Morgan fingerprint density at radius 3 is 2.62 bits per heavy atom. The van der Waals surface area contributed by atoms with Gasteiger partial charge in [0.25, 0.3) is 5.91 Å². The summed E-state index contributed by atoms with van der Waals surface area (Å²) >= 11 is 0. The van der Waals surface area contributed by atoms with Crippen LogP contribution in [-0.4, -0.2) is 29.9 Å². The summed E-state index contributed by atoms with van der Waals surface area (Å²) in [5.41, 5.74) is 1.34. The predicted octanol–water partition coefficient (Wildman–Crippen LogP) is 1.85. The first kappa shape index (κ1) is 14.9. The van der Waals surface area contributed by atoms with Crippen molar-refractivity contribution in [1.29, 1.82) is 0 Å². The van der Waals surface area contributed by atoms with Crippen LogP contribution in [0.5, 0.6) is 11.5 Å². The zero-order valence-corrected chi connectivity index (χ0v) is 12.4. The van der Waals surface area contributed by atoms with Crippen molar-refractivity contribution in [3.8, 4) is 11.5 Å². The van der Waals surface area contributed by atoms with E-state index in [9.17, 15) is 4.79 Å². The number of rotatable bonds is 6. The third kappa shape index (κ3) is 3.53. The molecule has 2 aromatic rings. The highest BCUT2D eigenvalue weighted by molar-refractivity contribution is 5.92. The Balaban J connectivity index is 2.00.